The maximum atomic E-state index is 10.1. The SMILES string of the molecule is Cc1ccc2sc(-c3ccc(N=Cc4cc(Cl)cc(Br)c4O)cc3)nc2c1. The van der Waals surface area contributed by atoms with Crippen LogP contribution < -0.4 is 0 Å². The minimum absolute atomic E-state index is 0.115. The number of nitrogens with zero attached hydrogens (tertiary/aromatic N) is 2. The highest BCUT2D eigenvalue weighted by Crippen LogP contribution is 2.33. The molecular weight excluding hydrogens is 444 g/mol. The summed E-state index contributed by atoms with van der Waals surface area (Å²) in [7, 11) is 0. The molecule has 0 aliphatic heterocycles. The van der Waals surface area contributed by atoms with E-state index in [0.29, 0.717) is 15.1 Å². The zero-order chi connectivity index (χ0) is 19.0. The fourth-order valence-corrected chi connectivity index (χ4v) is 4.46. The van der Waals surface area contributed by atoms with Gasteiger partial charge in [-0.2, -0.15) is 0 Å². The van der Waals surface area contributed by atoms with Crippen LogP contribution in [0.1, 0.15) is 11.1 Å². The predicted molar refractivity (Wildman–Crippen MR) is 118 cm³/mol. The highest BCUT2D eigenvalue weighted by atomic mass is 79.9. The van der Waals surface area contributed by atoms with Crippen LogP contribution in [0.2, 0.25) is 5.02 Å². The van der Waals surface area contributed by atoms with E-state index in [1.165, 1.54) is 10.3 Å². The number of aromatic hydroxyl groups is 1. The molecular formula is C21H14BrClN2OS. The van der Waals surface area contributed by atoms with E-state index in [2.05, 4.69) is 46.0 Å². The molecule has 4 rings (SSSR count). The van der Waals surface area contributed by atoms with Crippen molar-refractivity contribution < 1.29 is 5.11 Å². The van der Waals surface area contributed by atoms with Gasteiger partial charge in [0.1, 0.15) is 10.8 Å². The third-order valence-corrected chi connectivity index (χ3v) is 5.98. The lowest BCUT2D eigenvalue weighted by Crippen LogP contribution is -1.84. The molecule has 0 saturated carbocycles. The summed E-state index contributed by atoms with van der Waals surface area (Å²) in [5, 5.41) is 11.6. The van der Waals surface area contributed by atoms with Crippen LogP contribution in [0.25, 0.3) is 20.8 Å². The summed E-state index contributed by atoms with van der Waals surface area (Å²) in [5.74, 6) is 0.115. The van der Waals surface area contributed by atoms with E-state index in [-0.39, 0.29) is 5.75 Å². The Kier molecular flexibility index (Phi) is 5.00. The first-order valence-corrected chi connectivity index (χ1v) is 10.2. The molecule has 0 bridgehead atoms. The number of benzene rings is 3. The van der Waals surface area contributed by atoms with E-state index in [4.69, 9.17) is 16.6 Å². The number of thiazole rings is 1. The zero-order valence-electron chi connectivity index (χ0n) is 14.3. The number of aryl methyl sites for hydroxylation is 1. The molecule has 0 fully saturated rings. The Morgan fingerprint density at radius 3 is 2.67 bits per heavy atom. The molecule has 0 spiro atoms. The molecule has 6 heteroatoms. The molecule has 0 saturated heterocycles. The van der Waals surface area contributed by atoms with Gasteiger partial charge in [-0.05, 0) is 76.9 Å². The number of hydrogen-bond donors (Lipinski definition) is 1. The number of aliphatic imine (C=N–C) groups is 1. The van der Waals surface area contributed by atoms with Crippen LogP contribution in [0.3, 0.4) is 0 Å². The monoisotopic (exact) mass is 456 g/mol. The maximum absolute atomic E-state index is 10.1. The summed E-state index contributed by atoms with van der Waals surface area (Å²) in [6, 6.07) is 17.5. The fourth-order valence-electron chi connectivity index (χ4n) is 2.68. The smallest absolute Gasteiger partial charge is 0.138 e. The Hall–Kier alpha value is -2.21. The second-order valence-electron chi connectivity index (χ2n) is 6.12. The first-order chi connectivity index (χ1) is 13.0. The van der Waals surface area contributed by atoms with Crippen molar-refractivity contribution >= 4 is 61.0 Å². The standard InChI is InChI=1S/C21H14BrClN2OS/c1-12-2-7-19-18(8-12)25-21(27-19)13-3-5-16(6-4-13)24-11-14-9-15(23)10-17(22)20(14)26/h2-11,26H,1H3. The Labute approximate surface area is 174 Å². The summed E-state index contributed by atoms with van der Waals surface area (Å²) < 4.78 is 1.72. The molecule has 134 valence electrons. The van der Waals surface area contributed by atoms with E-state index >= 15 is 0 Å². The van der Waals surface area contributed by atoms with Crippen LogP contribution in [0.5, 0.6) is 5.75 Å². The second kappa shape index (κ2) is 7.43. The number of rotatable bonds is 3. The predicted octanol–water partition coefficient (Wildman–Crippen LogP) is 7.14. The van der Waals surface area contributed by atoms with Crippen LogP contribution in [0.4, 0.5) is 5.69 Å². The lowest BCUT2D eigenvalue weighted by Gasteiger charge is -2.03. The lowest BCUT2D eigenvalue weighted by molar-refractivity contribution is 0.471. The molecule has 0 unspecified atom stereocenters. The van der Waals surface area contributed by atoms with Crippen LogP contribution in [0, 0.1) is 6.92 Å². The number of aromatic nitrogens is 1. The number of halogens is 2. The summed E-state index contributed by atoms with van der Waals surface area (Å²) >= 11 is 11.0. The van der Waals surface area contributed by atoms with Crippen LogP contribution in [-0.2, 0) is 0 Å². The number of hydrogen-bond acceptors (Lipinski definition) is 4. The fraction of sp³-hybridized carbons (Fsp3) is 0.0476. The van der Waals surface area contributed by atoms with Crippen molar-refractivity contribution in [3.8, 4) is 16.3 Å². The molecule has 27 heavy (non-hydrogen) atoms. The Morgan fingerprint density at radius 2 is 1.89 bits per heavy atom. The maximum Gasteiger partial charge on any atom is 0.138 e. The van der Waals surface area contributed by atoms with E-state index in [9.17, 15) is 5.11 Å². The van der Waals surface area contributed by atoms with E-state index < -0.39 is 0 Å². The summed E-state index contributed by atoms with van der Waals surface area (Å²) in [4.78, 5) is 9.15. The van der Waals surface area contributed by atoms with Crippen LogP contribution in [-0.4, -0.2) is 16.3 Å². The Balaban J connectivity index is 1.60. The van der Waals surface area contributed by atoms with Gasteiger partial charge in [-0.15, -0.1) is 11.3 Å². The van der Waals surface area contributed by atoms with Gasteiger partial charge in [0.25, 0.3) is 0 Å². The quantitative estimate of drug-likeness (QED) is 0.332. The van der Waals surface area contributed by atoms with Crippen molar-refractivity contribution in [2.75, 3.05) is 0 Å². The van der Waals surface area contributed by atoms with Gasteiger partial charge >= 0.3 is 0 Å². The first-order valence-electron chi connectivity index (χ1n) is 8.19. The molecule has 1 heterocycles. The lowest BCUT2D eigenvalue weighted by atomic mass is 10.2. The third-order valence-electron chi connectivity index (χ3n) is 4.07. The van der Waals surface area contributed by atoms with Crippen molar-refractivity contribution in [1.82, 2.24) is 4.98 Å². The summed E-state index contributed by atoms with van der Waals surface area (Å²) in [6.45, 7) is 2.07. The van der Waals surface area contributed by atoms with Crippen molar-refractivity contribution in [3.63, 3.8) is 0 Å². The van der Waals surface area contributed by atoms with Gasteiger partial charge in [-0.25, -0.2) is 4.98 Å². The van der Waals surface area contributed by atoms with E-state index in [1.54, 1.807) is 29.7 Å². The van der Waals surface area contributed by atoms with Gasteiger partial charge in [0, 0.05) is 22.4 Å². The molecule has 0 aliphatic carbocycles. The van der Waals surface area contributed by atoms with Crippen molar-refractivity contribution in [2.45, 2.75) is 6.92 Å². The molecule has 1 N–H and O–H groups in total. The van der Waals surface area contributed by atoms with Crippen LogP contribution in [0.15, 0.2) is 64.1 Å². The number of phenols is 1. The molecule has 0 atom stereocenters. The highest BCUT2D eigenvalue weighted by Gasteiger charge is 2.07. The number of fused-ring (bicyclic) bond motifs is 1. The Bertz CT molecular complexity index is 1170. The van der Waals surface area contributed by atoms with Gasteiger partial charge in [0.15, 0.2) is 0 Å². The molecule has 1 aromatic heterocycles. The van der Waals surface area contributed by atoms with E-state index in [1.807, 2.05) is 24.3 Å². The zero-order valence-corrected chi connectivity index (χ0v) is 17.4. The molecule has 4 aromatic rings. The van der Waals surface area contributed by atoms with Gasteiger partial charge < -0.3 is 5.11 Å². The van der Waals surface area contributed by atoms with E-state index in [0.717, 1.165) is 21.8 Å². The van der Waals surface area contributed by atoms with Gasteiger partial charge in [-0.3, -0.25) is 4.99 Å². The topological polar surface area (TPSA) is 45.5 Å². The molecule has 0 aliphatic rings. The third kappa shape index (κ3) is 3.90. The average molecular weight is 458 g/mol. The number of phenolic OH excluding ortho intramolecular Hbond substituents is 1. The largest absolute Gasteiger partial charge is 0.506 e. The van der Waals surface area contributed by atoms with Gasteiger partial charge in [0.05, 0.1) is 20.4 Å². The minimum atomic E-state index is 0.115. The highest BCUT2D eigenvalue weighted by molar-refractivity contribution is 9.10. The molecule has 0 amide bonds. The van der Waals surface area contributed by atoms with Crippen molar-refractivity contribution in [2.24, 2.45) is 4.99 Å². The molecule has 3 nitrogen and oxygen atoms in total. The van der Waals surface area contributed by atoms with Crippen LogP contribution >= 0.6 is 38.9 Å². The van der Waals surface area contributed by atoms with Crippen molar-refractivity contribution in [3.05, 3.63) is 75.2 Å². The first kappa shape index (κ1) is 18.2. The molecule has 3 aromatic carbocycles. The minimum Gasteiger partial charge on any atom is -0.506 e. The average Bonchev–Trinajstić information content (AvgIpc) is 3.07. The van der Waals surface area contributed by atoms with Crippen molar-refractivity contribution in [1.29, 1.82) is 0 Å². The summed E-state index contributed by atoms with van der Waals surface area (Å²) in [5.41, 5.74) is 4.63. The Morgan fingerprint density at radius 1 is 1.11 bits per heavy atom. The van der Waals surface area contributed by atoms with Gasteiger partial charge in [0.2, 0.25) is 0 Å². The molecule has 0 radical (unpaired) electrons. The normalized spacial score (nSPS) is 11.5. The second-order valence-corrected chi connectivity index (χ2v) is 8.44. The van der Waals surface area contributed by atoms with Gasteiger partial charge in [-0.1, -0.05) is 17.7 Å². The summed E-state index contributed by atoms with van der Waals surface area (Å²) in [6.07, 6.45) is 1.60.